The van der Waals surface area contributed by atoms with Crippen LogP contribution in [0.4, 0.5) is 0 Å². The molecule has 3 rings (SSSR count). The van der Waals surface area contributed by atoms with Gasteiger partial charge >= 0.3 is 0 Å². The summed E-state index contributed by atoms with van der Waals surface area (Å²) in [6, 6.07) is 12.6. The van der Waals surface area contributed by atoms with E-state index in [0.717, 1.165) is 18.6 Å². The third-order valence-corrected chi connectivity index (χ3v) is 5.44. The van der Waals surface area contributed by atoms with Crippen molar-refractivity contribution in [3.8, 4) is 5.75 Å². The Hall–Kier alpha value is -1.58. The lowest BCUT2D eigenvalue weighted by atomic mass is 9.88. The van der Waals surface area contributed by atoms with Gasteiger partial charge in [-0.2, -0.15) is 0 Å². The minimum absolute atomic E-state index is 0.126. The van der Waals surface area contributed by atoms with Crippen LogP contribution in [0, 0.1) is 18.8 Å². The van der Waals surface area contributed by atoms with Crippen LogP contribution in [0.5, 0.6) is 5.75 Å². The molecule has 0 aliphatic carbocycles. The van der Waals surface area contributed by atoms with Crippen molar-refractivity contribution in [3.05, 3.63) is 48.9 Å². The largest absolute Gasteiger partial charge is 0.497 e. The number of methoxy groups -OCH3 is 1. The molecule has 1 aliphatic heterocycles. The molecule has 3 nitrogen and oxygen atoms in total. The zero-order valence-electron chi connectivity index (χ0n) is 15.5. The molecule has 1 aliphatic rings. The Morgan fingerprint density at radius 1 is 1.12 bits per heavy atom. The molecule has 0 aromatic heterocycles. The Labute approximate surface area is 151 Å². The first kappa shape index (κ1) is 18.2. The summed E-state index contributed by atoms with van der Waals surface area (Å²) in [5.41, 5.74) is 1.29. The van der Waals surface area contributed by atoms with E-state index in [1.54, 1.807) is 7.11 Å². The highest BCUT2D eigenvalue weighted by Crippen LogP contribution is 2.34. The van der Waals surface area contributed by atoms with Crippen molar-refractivity contribution in [2.75, 3.05) is 20.3 Å². The Morgan fingerprint density at radius 3 is 2.52 bits per heavy atom. The number of rotatable bonds is 6. The van der Waals surface area contributed by atoms with E-state index in [2.05, 4.69) is 51.1 Å². The van der Waals surface area contributed by atoms with Crippen LogP contribution in [0.2, 0.25) is 0 Å². The van der Waals surface area contributed by atoms with Gasteiger partial charge in [-0.1, -0.05) is 44.5 Å². The fourth-order valence-corrected chi connectivity index (χ4v) is 3.77. The Morgan fingerprint density at radius 2 is 1.88 bits per heavy atom. The average Bonchev–Trinajstić information content (AvgIpc) is 2.68. The van der Waals surface area contributed by atoms with Gasteiger partial charge in [-0.3, -0.25) is 0 Å². The van der Waals surface area contributed by atoms with Gasteiger partial charge in [0, 0.05) is 11.8 Å². The van der Waals surface area contributed by atoms with E-state index in [4.69, 9.17) is 14.2 Å². The summed E-state index contributed by atoms with van der Waals surface area (Å²) >= 11 is 0. The summed E-state index contributed by atoms with van der Waals surface area (Å²) in [5.74, 6) is 1.88. The van der Waals surface area contributed by atoms with Gasteiger partial charge in [0.05, 0.1) is 20.3 Å². The van der Waals surface area contributed by atoms with Gasteiger partial charge in [0.2, 0.25) is 0 Å². The van der Waals surface area contributed by atoms with E-state index >= 15 is 0 Å². The zero-order valence-corrected chi connectivity index (χ0v) is 15.5. The first-order valence-corrected chi connectivity index (χ1v) is 9.30. The molecule has 25 heavy (non-hydrogen) atoms. The van der Waals surface area contributed by atoms with Crippen molar-refractivity contribution in [1.82, 2.24) is 0 Å². The van der Waals surface area contributed by atoms with Crippen molar-refractivity contribution in [2.24, 2.45) is 11.8 Å². The molecule has 3 heteroatoms. The predicted molar refractivity (Wildman–Crippen MR) is 102 cm³/mol. The molecule has 1 radical (unpaired) electrons. The summed E-state index contributed by atoms with van der Waals surface area (Å²) in [6.45, 7) is 10.0. The summed E-state index contributed by atoms with van der Waals surface area (Å²) in [4.78, 5) is 0. The topological polar surface area (TPSA) is 27.7 Å². The maximum absolute atomic E-state index is 6.13. The normalized spacial score (nSPS) is 23.4. The number of ether oxygens (including phenoxy) is 3. The molecule has 0 bridgehead atoms. The van der Waals surface area contributed by atoms with Gasteiger partial charge in [-0.05, 0) is 47.7 Å². The fraction of sp³-hybridized carbons (Fsp3) is 0.500. The minimum atomic E-state index is -0.126. The lowest BCUT2D eigenvalue weighted by Gasteiger charge is -2.36. The lowest BCUT2D eigenvalue weighted by molar-refractivity contribution is -0.219. The van der Waals surface area contributed by atoms with E-state index in [0.29, 0.717) is 25.0 Å². The second kappa shape index (κ2) is 8.20. The highest BCUT2D eigenvalue weighted by atomic mass is 16.7. The van der Waals surface area contributed by atoms with Crippen LogP contribution < -0.4 is 4.74 Å². The SMILES string of the molecule is [CH2]C(CC)C(CC)C1OCC(c2cccc3cc(OC)ccc23)CO1. The van der Waals surface area contributed by atoms with E-state index in [9.17, 15) is 0 Å². The smallest absolute Gasteiger partial charge is 0.160 e. The maximum Gasteiger partial charge on any atom is 0.160 e. The van der Waals surface area contributed by atoms with Gasteiger partial charge in [0.15, 0.2) is 6.29 Å². The fourth-order valence-electron chi connectivity index (χ4n) is 3.77. The monoisotopic (exact) mass is 341 g/mol. The molecule has 2 unspecified atom stereocenters. The van der Waals surface area contributed by atoms with Crippen molar-refractivity contribution in [1.29, 1.82) is 0 Å². The lowest BCUT2D eigenvalue weighted by Crippen LogP contribution is -2.38. The third-order valence-electron chi connectivity index (χ3n) is 5.44. The molecule has 0 N–H and O–H groups in total. The number of hydrogen-bond donors (Lipinski definition) is 0. The quantitative estimate of drug-likeness (QED) is 0.723. The van der Waals surface area contributed by atoms with E-state index in [-0.39, 0.29) is 12.2 Å². The minimum Gasteiger partial charge on any atom is -0.497 e. The van der Waals surface area contributed by atoms with Crippen LogP contribution in [0.25, 0.3) is 10.8 Å². The first-order valence-electron chi connectivity index (χ1n) is 9.30. The van der Waals surface area contributed by atoms with Gasteiger partial charge < -0.3 is 14.2 Å². The van der Waals surface area contributed by atoms with Crippen LogP contribution in [-0.4, -0.2) is 26.6 Å². The molecule has 2 aromatic rings. The molecule has 0 amide bonds. The van der Waals surface area contributed by atoms with Crippen LogP contribution in [-0.2, 0) is 9.47 Å². The van der Waals surface area contributed by atoms with E-state index < -0.39 is 0 Å². The molecular weight excluding hydrogens is 312 g/mol. The van der Waals surface area contributed by atoms with Gasteiger partial charge in [0.25, 0.3) is 0 Å². The second-order valence-electron chi connectivity index (χ2n) is 6.91. The number of benzene rings is 2. The third kappa shape index (κ3) is 3.83. The van der Waals surface area contributed by atoms with E-state index in [1.807, 2.05) is 6.07 Å². The molecule has 1 fully saturated rings. The van der Waals surface area contributed by atoms with Crippen LogP contribution in [0.1, 0.15) is 38.2 Å². The van der Waals surface area contributed by atoms with Crippen LogP contribution in [0.15, 0.2) is 36.4 Å². The van der Waals surface area contributed by atoms with Crippen LogP contribution >= 0.6 is 0 Å². The van der Waals surface area contributed by atoms with Crippen LogP contribution in [0.3, 0.4) is 0 Å². The molecule has 1 saturated heterocycles. The van der Waals surface area contributed by atoms with Gasteiger partial charge in [0.1, 0.15) is 5.75 Å². The molecule has 1 heterocycles. The molecule has 2 atom stereocenters. The molecule has 2 aromatic carbocycles. The summed E-state index contributed by atoms with van der Waals surface area (Å²) < 4.78 is 17.6. The Kier molecular flexibility index (Phi) is 5.98. The molecular formula is C22H29O3. The van der Waals surface area contributed by atoms with Crippen molar-refractivity contribution in [3.63, 3.8) is 0 Å². The highest BCUT2D eigenvalue weighted by molar-refractivity contribution is 5.87. The Balaban J connectivity index is 1.76. The zero-order chi connectivity index (χ0) is 17.8. The molecule has 0 saturated carbocycles. The van der Waals surface area contributed by atoms with Gasteiger partial charge in [-0.25, -0.2) is 0 Å². The van der Waals surface area contributed by atoms with E-state index in [1.165, 1.54) is 16.3 Å². The molecule has 0 spiro atoms. The summed E-state index contributed by atoms with van der Waals surface area (Å²) in [7, 11) is 1.70. The Bertz CT molecular complexity index is 689. The summed E-state index contributed by atoms with van der Waals surface area (Å²) in [5, 5.41) is 2.43. The van der Waals surface area contributed by atoms with Crippen molar-refractivity contribution < 1.29 is 14.2 Å². The summed E-state index contributed by atoms with van der Waals surface area (Å²) in [6.07, 6.45) is 1.96. The maximum atomic E-state index is 6.13. The van der Waals surface area contributed by atoms with Gasteiger partial charge in [-0.15, -0.1) is 0 Å². The highest BCUT2D eigenvalue weighted by Gasteiger charge is 2.32. The predicted octanol–water partition coefficient (Wildman–Crippen LogP) is 5.19. The second-order valence-corrected chi connectivity index (χ2v) is 6.91. The van der Waals surface area contributed by atoms with Crippen molar-refractivity contribution >= 4 is 10.8 Å². The number of hydrogen-bond acceptors (Lipinski definition) is 3. The number of fused-ring (bicyclic) bond motifs is 1. The first-order chi connectivity index (χ1) is 12.2. The standard InChI is InChI=1S/C22H29O3/c1-5-15(3)19(6-2)22-24-13-17(14-25-22)20-9-7-8-16-12-18(23-4)10-11-21(16)20/h7-12,15,17,19,22H,3,5-6,13-14H2,1-2,4H3. The van der Waals surface area contributed by atoms with Crippen molar-refractivity contribution in [2.45, 2.75) is 38.9 Å². The molecule has 135 valence electrons. The average molecular weight is 341 g/mol.